The Labute approximate surface area is 121 Å². The summed E-state index contributed by atoms with van der Waals surface area (Å²) in [6.45, 7) is 3.98. The molecule has 7 nitrogen and oxygen atoms in total. The fourth-order valence-corrected chi connectivity index (χ4v) is 2.86. The van der Waals surface area contributed by atoms with Crippen molar-refractivity contribution in [1.29, 1.82) is 0 Å². The highest BCUT2D eigenvalue weighted by Crippen LogP contribution is 2.23. The number of fused-ring (bicyclic) bond motifs is 1. The molecule has 0 saturated heterocycles. The minimum Gasteiger partial charge on any atom is -0.348 e. The zero-order chi connectivity index (χ0) is 15.0. The number of aryl methyl sites for hydroxylation is 1. The summed E-state index contributed by atoms with van der Waals surface area (Å²) in [5.41, 5.74) is 0.616. The van der Waals surface area contributed by atoms with Gasteiger partial charge in [0.15, 0.2) is 11.2 Å². The summed E-state index contributed by atoms with van der Waals surface area (Å²) in [6, 6.07) is 0.162. The molecule has 0 aromatic carbocycles. The average Bonchev–Trinajstić information content (AvgIpc) is 2.85. The first kappa shape index (κ1) is 13.8. The van der Waals surface area contributed by atoms with Gasteiger partial charge in [0.2, 0.25) is 0 Å². The van der Waals surface area contributed by atoms with Gasteiger partial charge in [0.05, 0.1) is 6.20 Å². The molecular formula is C14H19N5O2. The van der Waals surface area contributed by atoms with E-state index < -0.39 is 0 Å². The number of carbonyl (C=O) groups is 1. The van der Waals surface area contributed by atoms with Crippen LogP contribution >= 0.6 is 0 Å². The van der Waals surface area contributed by atoms with Gasteiger partial charge >= 0.3 is 0 Å². The fourth-order valence-electron chi connectivity index (χ4n) is 2.86. The zero-order valence-electron chi connectivity index (χ0n) is 12.2. The molecule has 7 heteroatoms. The molecule has 2 N–H and O–H groups in total. The van der Waals surface area contributed by atoms with Crippen molar-refractivity contribution >= 4 is 11.4 Å². The Balaban J connectivity index is 1.84. The molecular weight excluding hydrogens is 270 g/mol. The molecule has 0 unspecified atom stereocenters. The van der Waals surface area contributed by atoms with E-state index in [2.05, 4.69) is 27.5 Å². The summed E-state index contributed by atoms with van der Waals surface area (Å²) in [4.78, 5) is 27.0. The van der Waals surface area contributed by atoms with Gasteiger partial charge in [-0.05, 0) is 38.5 Å². The summed E-state index contributed by atoms with van der Waals surface area (Å²) < 4.78 is 1.35. The number of H-pyrrole nitrogens is 1. The topological polar surface area (TPSA) is 92.2 Å². The molecule has 2 aromatic heterocycles. The van der Waals surface area contributed by atoms with Crippen LogP contribution in [0.5, 0.6) is 0 Å². The maximum atomic E-state index is 12.3. The molecule has 0 bridgehead atoms. The van der Waals surface area contributed by atoms with Crippen molar-refractivity contribution in [3.05, 3.63) is 27.9 Å². The van der Waals surface area contributed by atoms with Crippen LogP contribution in [-0.4, -0.2) is 31.8 Å². The lowest BCUT2D eigenvalue weighted by atomic mass is 9.87. The lowest BCUT2D eigenvalue weighted by molar-refractivity contribution is 0.0919. The number of hydrogen-bond donors (Lipinski definition) is 2. The monoisotopic (exact) mass is 289 g/mol. The van der Waals surface area contributed by atoms with E-state index in [0.717, 1.165) is 31.6 Å². The van der Waals surface area contributed by atoms with Gasteiger partial charge in [-0.3, -0.25) is 9.59 Å². The van der Waals surface area contributed by atoms with Gasteiger partial charge < -0.3 is 10.3 Å². The zero-order valence-corrected chi connectivity index (χ0v) is 12.2. The Kier molecular flexibility index (Phi) is 3.48. The van der Waals surface area contributed by atoms with E-state index >= 15 is 0 Å². The van der Waals surface area contributed by atoms with E-state index in [0.29, 0.717) is 5.69 Å². The first-order chi connectivity index (χ1) is 10.0. The van der Waals surface area contributed by atoms with Gasteiger partial charge in [0.25, 0.3) is 11.5 Å². The van der Waals surface area contributed by atoms with Gasteiger partial charge in [0.1, 0.15) is 0 Å². The highest BCUT2D eigenvalue weighted by molar-refractivity contribution is 5.98. The largest absolute Gasteiger partial charge is 0.348 e. The molecule has 1 saturated carbocycles. The highest BCUT2D eigenvalue weighted by atomic mass is 16.2. The Morgan fingerprint density at radius 1 is 1.38 bits per heavy atom. The molecule has 112 valence electrons. The van der Waals surface area contributed by atoms with E-state index in [4.69, 9.17) is 0 Å². The van der Waals surface area contributed by atoms with Gasteiger partial charge in [-0.1, -0.05) is 12.1 Å². The third kappa shape index (κ3) is 2.68. The molecule has 0 radical (unpaired) electrons. The van der Waals surface area contributed by atoms with Crippen molar-refractivity contribution in [2.24, 2.45) is 5.92 Å². The Bertz CT molecular complexity index is 725. The standard InChI is InChI=1S/C14H19N5O2/c1-8-3-5-10(6-4-8)16-13(20)11-12-14(21)15-9(2)7-19(12)18-17-11/h7-8,10H,3-6H2,1-2H3,(H,15,21)(H,16,20). The first-order valence-electron chi connectivity index (χ1n) is 7.30. The number of nitrogens with one attached hydrogen (secondary N) is 2. The molecule has 1 amide bonds. The second-order valence-electron chi connectivity index (χ2n) is 5.93. The summed E-state index contributed by atoms with van der Waals surface area (Å²) in [5.74, 6) is 0.401. The minimum atomic E-state index is -0.345. The van der Waals surface area contributed by atoms with Crippen LogP contribution in [0.1, 0.15) is 48.8 Å². The SMILES string of the molecule is Cc1cn2nnc(C(=O)NC3CCC(C)CC3)c2c(=O)[nH]1. The van der Waals surface area contributed by atoms with Crippen LogP contribution in [0.3, 0.4) is 0 Å². The number of aromatic amines is 1. The average molecular weight is 289 g/mol. The minimum absolute atomic E-state index is 0.0925. The molecule has 0 aliphatic heterocycles. The van der Waals surface area contributed by atoms with Crippen LogP contribution in [0.2, 0.25) is 0 Å². The van der Waals surface area contributed by atoms with Gasteiger partial charge in [-0.2, -0.15) is 0 Å². The molecule has 21 heavy (non-hydrogen) atoms. The van der Waals surface area contributed by atoms with Crippen molar-refractivity contribution in [3.63, 3.8) is 0 Å². The van der Waals surface area contributed by atoms with Crippen molar-refractivity contribution in [2.45, 2.75) is 45.6 Å². The number of hydrogen-bond acceptors (Lipinski definition) is 4. The van der Waals surface area contributed by atoms with Crippen molar-refractivity contribution in [3.8, 4) is 0 Å². The number of aromatic nitrogens is 4. The summed E-state index contributed by atoms with van der Waals surface area (Å²) in [7, 11) is 0. The van der Waals surface area contributed by atoms with Gasteiger partial charge in [0, 0.05) is 11.7 Å². The third-order valence-electron chi connectivity index (χ3n) is 4.10. The Hall–Kier alpha value is -2.18. The second-order valence-corrected chi connectivity index (χ2v) is 5.93. The molecule has 1 aliphatic carbocycles. The quantitative estimate of drug-likeness (QED) is 0.864. The summed E-state index contributed by atoms with van der Waals surface area (Å²) in [5, 5.41) is 10.7. The van der Waals surface area contributed by atoms with Crippen molar-refractivity contribution in [2.75, 3.05) is 0 Å². The number of amides is 1. The Morgan fingerprint density at radius 2 is 2.10 bits per heavy atom. The predicted molar refractivity (Wildman–Crippen MR) is 77.2 cm³/mol. The van der Waals surface area contributed by atoms with E-state index in [9.17, 15) is 9.59 Å². The molecule has 2 heterocycles. The molecule has 0 spiro atoms. The van der Waals surface area contributed by atoms with Crippen LogP contribution in [0.15, 0.2) is 11.0 Å². The number of nitrogens with zero attached hydrogens (tertiary/aromatic N) is 3. The normalized spacial score (nSPS) is 22.4. The molecule has 0 atom stereocenters. The highest BCUT2D eigenvalue weighted by Gasteiger charge is 2.23. The smallest absolute Gasteiger partial charge is 0.276 e. The fraction of sp³-hybridized carbons (Fsp3) is 0.571. The van der Waals surface area contributed by atoms with Crippen LogP contribution in [-0.2, 0) is 0 Å². The molecule has 1 fully saturated rings. The van der Waals surface area contributed by atoms with Crippen LogP contribution in [0.25, 0.3) is 5.52 Å². The molecule has 1 aliphatic rings. The van der Waals surface area contributed by atoms with Crippen molar-refractivity contribution < 1.29 is 4.79 Å². The second kappa shape index (κ2) is 5.31. The third-order valence-corrected chi connectivity index (χ3v) is 4.10. The predicted octanol–water partition coefficient (Wildman–Crippen LogP) is 1.03. The van der Waals surface area contributed by atoms with Gasteiger partial charge in [-0.25, -0.2) is 4.52 Å². The van der Waals surface area contributed by atoms with Crippen LogP contribution in [0, 0.1) is 12.8 Å². The summed E-state index contributed by atoms with van der Waals surface area (Å²) in [6.07, 6.45) is 5.83. The molecule has 2 aromatic rings. The van der Waals surface area contributed by atoms with E-state index in [1.807, 2.05) is 0 Å². The summed E-state index contributed by atoms with van der Waals surface area (Å²) >= 11 is 0. The lowest BCUT2D eigenvalue weighted by Crippen LogP contribution is -2.38. The van der Waals surface area contributed by atoms with Crippen LogP contribution < -0.4 is 10.9 Å². The van der Waals surface area contributed by atoms with E-state index in [1.165, 1.54) is 4.52 Å². The van der Waals surface area contributed by atoms with Crippen molar-refractivity contribution in [1.82, 2.24) is 25.1 Å². The van der Waals surface area contributed by atoms with E-state index in [1.54, 1.807) is 13.1 Å². The van der Waals surface area contributed by atoms with Crippen LogP contribution in [0.4, 0.5) is 0 Å². The van der Waals surface area contributed by atoms with Gasteiger partial charge in [-0.15, -0.1) is 5.10 Å². The lowest BCUT2D eigenvalue weighted by Gasteiger charge is -2.26. The maximum absolute atomic E-state index is 12.3. The molecule has 3 rings (SSSR count). The first-order valence-corrected chi connectivity index (χ1v) is 7.30. The Morgan fingerprint density at radius 3 is 2.81 bits per heavy atom. The number of carbonyl (C=O) groups excluding carboxylic acids is 1. The van der Waals surface area contributed by atoms with E-state index in [-0.39, 0.29) is 28.7 Å². The number of rotatable bonds is 2. The maximum Gasteiger partial charge on any atom is 0.276 e.